The van der Waals surface area contributed by atoms with Gasteiger partial charge >= 0.3 is 0 Å². The zero-order valence-electron chi connectivity index (χ0n) is 12.3. The summed E-state index contributed by atoms with van der Waals surface area (Å²) in [5.74, 6) is 0. The molecule has 3 rings (SSSR count). The van der Waals surface area contributed by atoms with Crippen LogP contribution in [0.5, 0.6) is 0 Å². The maximum atomic E-state index is 3.54. The van der Waals surface area contributed by atoms with Crippen molar-refractivity contribution in [3.63, 3.8) is 0 Å². The number of hydrogen-bond donors (Lipinski definition) is 0. The van der Waals surface area contributed by atoms with Crippen LogP contribution in [-0.4, -0.2) is 18.0 Å². The van der Waals surface area contributed by atoms with Gasteiger partial charge in [-0.05, 0) is 30.4 Å². The van der Waals surface area contributed by atoms with E-state index in [-0.39, 0.29) is 0 Å². The van der Waals surface area contributed by atoms with Crippen molar-refractivity contribution < 1.29 is 0 Å². The first-order valence-electron chi connectivity index (χ1n) is 7.75. The Balaban J connectivity index is 1.98. The van der Waals surface area contributed by atoms with E-state index in [0.717, 1.165) is 13.1 Å². The lowest BCUT2D eigenvalue weighted by molar-refractivity contribution is 0.310. The van der Waals surface area contributed by atoms with Crippen LogP contribution in [0, 0.1) is 0 Å². The highest BCUT2D eigenvalue weighted by Crippen LogP contribution is 2.22. The van der Waals surface area contributed by atoms with E-state index < -0.39 is 0 Å². The Hall–Kier alpha value is -2.24. The summed E-state index contributed by atoms with van der Waals surface area (Å²) >= 11 is 0. The molecule has 0 spiro atoms. The van der Waals surface area contributed by atoms with E-state index in [1.165, 1.54) is 36.0 Å². The molecule has 1 heterocycles. The fourth-order valence-corrected chi connectivity index (χ4v) is 2.75. The van der Waals surface area contributed by atoms with Gasteiger partial charge in [-0.25, -0.2) is 0 Å². The molecule has 0 radical (unpaired) electrons. The Morgan fingerprint density at radius 2 is 1.29 bits per heavy atom. The van der Waals surface area contributed by atoms with Crippen LogP contribution in [0.2, 0.25) is 0 Å². The zero-order chi connectivity index (χ0) is 14.3. The van der Waals surface area contributed by atoms with Gasteiger partial charge in [-0.3, -0.25) is 0 Å². The monoisotopic (exact) mass is 275 g/mol. The van der Waals surface area contributed by atoms with Crippen LogP contribution in [0.3, 0.4) is 0 Å². The molecule has 1 aliphatic heterocycles. The summed E-state index contributed by atoms with van der Waals surface area (Å²) in [5, 5.41) is 0. The highest BCUT2D eigenvalue weighted by atomic mass is 15.1. The van der Waals surface area contributed by atoms with Crippen molar-refractivity contribution in [2.45, 2.75) is 19.3 Å². The number of hydrogen-bond acceptors (Lipinski definition) is 1. The fraction of sp³-hybridized carbons (Fsp3) is 0.250. The second-order valence-corrected chi connectivity index (χ2v) is 5.48. The van der Waals surface area contributed by atoms with Crippen molar-refractivity contribution in [2.75, 3.05) is 13.1 Å². The molecule has 0 aliphatic carbocycles. The zero-order valence-corrected chi connectivity index (χ0v) is 12.3. The highest BCUT2D eigenvalue weighted by Gasteiger charge is 2.06. The molecule has 1 nitrogen and oxygen atoms in total. The molecule has 0 N–H and O–H groups in total. The van der Waals surface area contributed by atoms with Gasteiger partial charge in [0.2, 0.25) is 0 Å². The molecular weight excluding hydrogens is 254 g/mol. The second kappa shape index (κ2) is 6.97. The molecular formula is C20H21N. The van der Waals surface area contributed by atoms with Gasteiger partial charge in [0.05, 0.1) is 0 Å². The Bertz CT molecular complexity index is 574. The summed E-state index contributed by atoms with van der Waals surface area (Å²) in [6.45, 7) is 2.31. The lowest BCUT2D eigenvalue weighted by atomic mass is 9.99. The van der Waals surface area contributed by atoms with E-state index in [9.17, 15) is 0 Å². The van der Waals surface area contributed by atoms with E-state index >= 15 is 0 Å². The average Bonchev–Trinajstić information content (AvgIpc) is 2.58. The lowest BCUT2D eigenvalue weighted by Gasteiger charge is -2.23. The first kappa shape index (κ1) is 13.7. The van der Waals surface area contributed by atoms with Crippen LogP contribution in [0.1, 0.15) is 30.4 Å². The summed E-state index contributed by atoms with van der Waals surface area (Å²) in [6.07, 6.45) is 6.10. The van der Waals surface area contributed by atoms with Gasteiger partial charge in [0.15, 0.2) is 0 Å². The Morgan fingerprint density at radius 3 is 1.81 bits per heavy atom. The first-order valence-corrected chi connectivity index (χ1v) is 7.75. The van der Waals surface area contributed by atoms with Crippen LogP contribution in [0.15, 0.2) is 72.6 Å². The van der Waals surface area contributed by atoms with Crippen LogP contribution in [0.25, 0.3) is 5.57 Å². The molecule has 106 valence electrons. The fourth-order valence-electron chi connectivity index (χ4n) is 2.75. The molecule has 2 aromatic rings. The number of likely N-dealkylation sites (tertiary alicyclic amines) is 1. The maximum Gasteiger partial charge on any atom is 0.0430 e. The van der Waals surface area contributed by atoms with Gasteiger partial charge < -0.3 is 4.90 Å². The van der Waals surface area contributed by atoms with Crippen molar-refractivity contribution in [1.29, 1.82) is 0 Å². The predicted molar refractivity (Wildman–Crippen MR) is 88.9 cm³/mol. The lowest BCUT2D eigenvalue weighted by Crippen LogP contribution is -2.23. The van der Waals surface area contributed by atoms with Gasteiger partial charge in [0.25, 0.3) is 0 Å². The third kappa shape index (κ3) is 3.65. The van der Waals surface area contributed by atoms with Gasteiger partial charge in [0.1, 0.15) is 0 Å². The summed E-state index contributed by atoms with van der Waals surface area (Å²) in [7, 11) is 0. The van der Waals surface area contributed by atoms with Crippen molar-refractivity contribution >= 4 is 5.57 Å². The minimum atomic E-state index is 1.16. The third-order valence-corrected chi connectivity index (χ3v) is 3.91. The third-order valence-electron chi connectivity index (χ3n) is 3.91. The summed E-state index contributed by atoms with van der Waals surface area (Å²) in [6, 6.07) is 21.1. The van der Waals surface area contributed by atoms with Crippen LogP contribution in [0.4, 0.5) is 0 Å². The van der Waals surface area contributed by atoms with Gasteiger partial charge in [-0.1, -0.05) is 66.4 Å². The largest absolute Gasteiger partial charge is 0.371 e. The standard InChI is InChI=1S/C20H21N/c1-4-10-18(11-5-1)20(19-12-6-2-7-13-19)14-17-21-15-8-3-9-16-21/h1-2,4-7,10-13,17H,3,8-9,15-16H2. The molecule has 1 aliphatic rings. The Morgan fingerprint density at radius 1 is 0.762 bits per heavy atom. The number of rotatable bonds is 3. The molecule has 0 saturated carbocycles. The smallest absolute Gasteiger partial charge is 0.0430 e. The molecule has 0 atom stereocenters. The van der Waals surface area contributed by atoms with E-state index in [4.69, 9.17) is 0 Å². The Kier molecular flexibility index (Phi) is 4.55. The summed E-state index contributed by atoms with van der Waals surface area (Å²) < 4.78 is 0. The van der Waals surface area contributed by atoms with E-state index in [1.807, 2.05) is 0 Å². The predicted octanol–water partition coefficient (Wildman–Crippen LogP) is 4.72. The quantitative estimate of drug-likeness (QED) is 0.733. The van der Waals surface area contributed by atoms with Gasteiger partial charge in [-0.15, -0.1) is 0 Å². The first-order chi connectivity index (χ1) is 10.4. The minimum Gasteiger partial charge on any atom is -0.371 e. The summed E-state index contributed by atoms with van der Waals surface area (Å²) in [4.78, 5) is 2.38. The topological polar surface area (TPSA) is 3.24 Å². The van der Waals surface area contributed by atoms with Gasteiger partial charge in [0, 0.05) is 24.9 Å². The van der Waals surface area contributed by atoms with Crippen molar-refractivity contribution in [3.8, 4) is 0 Å². The number of benzene rings is 2. The highest BCUT2D eigenvalue weighted by molar-refractivity contribution is 5.79. The molecule has 0 aromatic heterocycles. The summed E-state index contributed by atoms with van der Waals surface area (Å²) in [5.41, 5.74) is 7.15. The normalized spacial score (nSPS) is 14.4. The SMILES string of the molecule is C(=CN1CCCCC1)=C(c1ccccc1)c1ccccc1. The molecule has 0 amide bonds. The maximum absolute atomic E-state index is 3.54. The molecule has 1 heteroatoms. The van der Waals surface area contributed by atoms with Crippen LogP contribution in [-0.2, 0) is 0 Å². The van der Waals surface area contributed by atoms with Crippen molar-refractivity contribution in [2.24, 2.45) is 0 Å². The molecule has 21 heavy (non-hydrogen) atoms. The van der Waals surface area contributed by atoms with E-state index in [2.05, 4.69) is 77.5 Å². The van der Waals surface area contributed by atoms with Gasteiger partial charge in [-0.2, -0.15) is 0 Å². The van der Waals surface area contributed by atoms with Crippen molar-refractivity contribution in [1.82, 2.24) is 4.90 Å². The molecule has 1 saturated heterocycles. The average molecular weight is 275 g/mol. The van der Waals surface area contributed by atoms with Crippen LogP contribution >= 0.6 is 0 Å². The number of nitrogens with zero attached hydrogens (tertiary/aromatic N) is 1. The second-order valence-electron chi connectivity index (χ2n) is 5.48. The molecule has 0 bridgehead atoms. The molecule has 2 aromatic carbocycles. The number of piperidine rings is 1. The van der Waals surface area contributed by atoms with Crippen molar-refractivity contribution in [3.05, 3.63) is 83.7 Å². The molecule has 1 fully saturated rings. The van der Waals surface area contributed by atoms with E-state index in [1.54, 1.807) is 0 Å². The van der Waals surface area contributed by atoms with Crippen LogP contribution < -0.4 is 0 Å². The Labute approximate surface area is 127 Å². The van der Waals surface area contributed by atoms with E-state index in [0.29, 0.717) is 0 Å². The molecule has 0 unspecified atom stereocenters. The minimum absolute atomic E-state index is 1.16.